The van der Waals surface area contributed by atoms with E-state index in [1.54, 1.807) is 0 Å². The molecule has 0 saturated carbocycles. The van der Waals surface area contributed by atoms with E-state index in [0.717, 1.165) is 43.9 Å². The third-order valence-electron chi connectivity index (χ3n) is 2.83. The van der Waals surface area contributed by atoms with Crippen molar-refractivity contribution in [3.63, 3.8) is 0 Å². The number of nitrogens with zero attached hydrogens (tertiary/aromatic N) is 1. The quantitative estimate of drug-likeness (QED) is 0.735. The Morgan fingerprint density at radius 2 is 2.13 bits per heavy atom. The van der Waals surface area contributed by atoms with Gasteiger partial charge in [0.05, 0.1) is 5.69 Å². The van der Waals surface area contributed by atoms with Crippen LogP contribution in [0, 0.1) is 0 Å². The fourth-order valence-corrected chi connectivity index (χ4v) is 1.89. The highest BCUT2D eigenvalue weighted by molar-refractivity contribution is 5.46. The summed E-state index contributed by atoms with van der Waals surface area (Å²) in [5.41, 5.74) is 2.04. The minimum absolute atomic E-state index is 0.0383. The van der Waals surface area contributed by atoms with Gasteiger partial charge >= 0.3 is 0 Å². The number of rotatable bonds is 2. The van der Waals surface area contributed by atoms with Gasteiger partial charge in [-0.3, -0.25) is 4.79 Å². The molecule has 0 radical (unpaired) electrons. The highest BCUT2D eigenvalue weighted by atomic mass is 16.1. The molecular weight excluding hydrogens is 190 g/mol. The second-order valence-electron chi connectivity index (χ2n) is 3.80. The van der Waals surface area contributed by atoms with Gasteiger partial charge in [0.15, 0.2) is 0 Å². The first-order valence-corrected chi connectivity index (χ1v) is 5.48. The predicted molar refractivity (Wildman–Crippen MR) is 61.5 cm³/mol. The number of aryl methyl sites for hydroxylation is 1. The maximum absolute atomic E-state index is 11.4. The molecule has 0 amide bonds. The van der Waals surface area contributed by atoms with Crippen molar-refractivity contribution in [3.8, 4) is 0 Å². The fourth-order valence-electron chi connectivity index (χ4n) is 1.89. The molecule has 2 rings (SSSR count). The zero-order valence-electron chi connectivity index (χ0n) is 9.05. The van der Waals surface area contributed by atoms with Crippen molar-refractivity contribution < 1.29 is 0 Å². The molecule has 0 atom stereocenters. The molecule has 1 aliphatic rings. The van der Waals surface area contributed by atoms with Gasteiger partial charge in [-0.25, -0.2) is 0 Å². The van der Waals surface area contributed by atoms with Crippen molar-refractivity contribution in [3.05, 3.63) is 28.2 Å². The van der Waals surface area contributed by atoms with Gasteiger partial charge in [0.25, 0.3) is 5.56 Å². The molecule has 2 N–H and O–H groups in total. The fraction of sp³-hybridized carbons (Fsp3) is 0.545. The highest BCUT2D eigenvalue weighted by Gasteiger charge is 2.11. The maximum atomic E-state index is 11.4. The van der Waals surface area contributed by atoms with Crippen LogP contribution < -0.4 is 15.8 Å². The van der Waals surface area contributed by atoms with Gasteiger partial charge in [0, 0.05) is 37.9 Å². The number of hydrogen-bond acceptors (Lipinski definition) is 3. The molecule has 0 bridgehead atoms. The van der Waals surface area contributed by atoms with Crippen molar-refractivity contribution in [1.82, 2.24) is 10.3 Å². The average molecular weight is 207 g/mol. The Balaban J connectivity index is 2.23. The lowest BCUT2D eigenvalue weighted by molar-refractivity contribution is 0.588. The molecule has 1 aromatic rings. The summed E-state index contributed by atoms with van der Waals surface area (Å²) in [5.74, 6) is 0. The molecule has 0 spiro atoms. The highest BCUT2D eigenvalue weighted by Crippen LogP contribution is 2.13. The molecule has 1 fully saturated rings. The summed E-state index contributed by atoms with van der Waals surface area (Å²) < 4.78 is 0. The summed E-state index contributed by atoms with van der Waals surface area (Å²) in [7, 11) is 0. The third-order valence-corrected chi connectivity index (χ3v) is 2.83. The molecule has 4 nitrogen and oxygen atoms in total. The number of pyridine rings is 1. The lowest BCUT2D eigenvalue weighted by Crippen LogP contribution is -2.43. The smallest absolute Gasteiger partial charge is 0.251 e. The average Bonchev–Trinajstić information content (AvgIpc) is 2.31. The number of piperazine rings is 1. The van der Waals surface area contributed by atoms with Crippen LogP contribution in [0.5, 0.6) is 0 Å². The number of anilines is 1. The lowest BCUT2D eigenvalue weighted by Gasteiger charge is -2.29. The van der Waals surface area contributed by atoms with E-state index in [-0.39, 0.29) is 5.56 Å². The SMILES string of the molecule is CCc1cc(N2CCNCC2)c[nH]c1=O. The summed E-state index contributed by atoms with van der Waals surface area (Å²) in [4.78, 5) is 16.5. The topological polar surface area (TPSA) is 48.1 Å². The van der Waals surface area contributed by atoms with Gasteiger partial charge < -0.3 is 15.2 Å². The van der Waals surface area contributed by atoms with Crippen LogP contribution in [0.4, 0.5) is 5.69 Å². The molecule has 0 aromatic carbocycles. The van der Waals surface area contributed by atoms with Gasteiger partial charge in [-0.05, 0) is 12.5 Å². The van der Waals surface area contributed by atoms with E-state index in [2.05, 4.69) is 15.2 Å². The molecule has 0 aliphatic carbocycles. The summed E-state index contributed by atoms with van der Waals surface area (Å²) in [5, 5.41) is 3.31. The molecule has 1 aromatic heterocycles. The largest absolute Gasteiger partial charge is 0.368 e. The van der Waals surface area contributed by atoms with Gasteiger partial charge in [0.2, 0.25) is 0 Å². The summed E-state index contributed by atoms with van der Waals surface area (Å²) >= 11 is 0. The standard InChI is InChI=1S/C11H17N3O/c1-2-9-7-10(8-13-11(9)15)14-5-3-12-4-6-14/h7-8,12H,2-6H2,1H3,(H,13,15). The Morgan fingerprint density at radius 1 is 1.40 bits per heavy atom. The molecule has 2 heterocycles. The van der Waals surface area contributed by atoms with Crippen molar-refractivity contribution in [1.29, 1.82) is 0 Å². The Kier molecular flexibility index (Phi) is 3.06. The number of nitrogens with one attached hydrogen (secondary N) is 2. The first-order valence-electron chi connectivity index (χ1n) is 5.48. The molecule has 1 aliphatic heterocycles. The Labute approximate surface area is 89.3 Å². The maximum Gasteiger partial charge on any atom is 0.251 e. The number of hydrogen-bond donors (Lipinski definition) is 2. The van der Waals surface area contributed by atoms with E-state index in [4.69, 9.17) is 0 Å². The van der Waals surface area contributed by atoms with Crippen LogP contribution in [0.3, 0.4) is 0 Å². The Bertz CT molecular complexity index is 380. The van der Waals surface area contributed by atoms with Crippen LogP contribution in [-0.2, 0) is 6.42 Å². The van der Waals surface area contributed by atoms with Crippen LogP contribution in [0.2, 0.25) is 0 Å². The van der Waals surface area contributed by atoms with E-state index in [9.17, 15) is 4.79 Å². The lowest BCUT2D eigenvalue weighted by atomic mass is 10.2. The first kappa shape index (κ1) is 10.2. The molecule has 4 heteroatoms. The van der Waals surface area contributed by atoms with Crippen LogP contribution in [-0.4, -0.2) is 31.2 Å². The first-order chi connectivity index (χ1) is 7.31. The van der Waals surface area contributed by atoms with Crippen molar-refractivity contribution >= 4 is 5.69 Å². The van der Waals surface area contributed by atoms with Gasteiger partial charge in [-0.2, -0.15) is 0 Å². The molecule has 0 unspecified atom stereocenters. The third kappa shape index (κ3) is 2.21. The predicted octanol–water partition coefficient (Wildman–Crippen LogP) is 0.347. The zero-order chi connectivity index (χ0) is 10.7. The number of aromatic amines is 1. The summed E-state index contributed by atoms with van der Waals surface area (Å²) in [6.07, 6.45) is 2.60. The number of H-pyrrole nitrogens is 1. The molecule has 82 valence electrons. The van der Waals surface area contributed by atoms with Gasteiger partial charge in [0.1, 0.15) is 0 Å². The zero-order valence-corrected chi connectivity index (χ0v) is 9.05. The van der Waals surface area contributed by atoms with Crippen molar-refractivity contribution in [2.45, 2.75) is 13.3 Å². The molecule has 15 heavy (non-hydrogen) atoms. The Hall–Kier alpha value is -1.29. The normalized spacial score (nSPS) is 16.7. The monoisotopic (exact) mass is 207 g/mol. The van der Waals surface area contributed by atoms with Crippen LogP contribution >= 0.6 is 0 Å². The minimum Gasteiger partial charge on any atom is -0.368 e. The van der Waals surface area contributed by atoms with Crippen molar-refractivity contribution in [2.24, 2.45) is 0 Å². The second kappa shape index (κ2) is 4.49. The van der Waals surface area contributed by atoms with Crippen molar-refractivity contribution in [2.75, 3.05) is 31.1 Å². The minimum atomic E-state index is 0.0383. The summed E-state index contributed by atoms with van der Waals surface area (Å²) in [6, 6.07) is 2.00. The van der Waals surface area contributed by atoms with E-state index in [0.29, 0.717) is 0 Å². The Morgan fingerprint density at radius 3 is 2.80 bits per heavy atom. The second-order valence-corrected chi connectivity index (χ2v) is 3.80. The van der Waals surface area contributed by atoms with E-state index in [1.165, 1.54) is 0 Å². The molecular formula is C11H17N3O. The molecule has 1 saturated heterocycles. The number of aromatic nitrogens is 1. The van der Waals surface area contributed by atoms with Crippen LogP contribution in [0.1, 0.15) is 12.5 Å². The van der Waals surface area contributed by atoms with E-state index >= 15 is 0 Å². The van der Waals surface area contributed by atoms with E-state index in [1.807, 2.05) is 19.2 Å². The summed E-state index contributed by atoms with van der Waals surface area (Å²) in [6.45, 7) is 6.05. The van der Waals surface area contributed by atoms with E-state index < -0.39 is 0 Å². The van der Waals surface area contributed by atoms with Gasteiger partial charge in [-0.1, -0.05) is 6.92 Å². The van der Waals surface area contributed by atoms with Crippen LogP contribution in [0.25, 0.3) is 0 Å². The van der Waals surface area contributed by atoms with Gasteiger partial charge in [-0.15, -0.1) is 0 Å². The van der Waals surface area contributed by atoms with Crippen LogP contribution in [0.15, 0.2) is 17.1 Å².